The van der Waals surface area contributed by atoms with Crippen LogP contribution >= 0.6 is 0 Å². The highest BCUT2D eigenvalue weighted by molar-refractivity contribution is 5.32. The van der Waals surface area contributed by atoms with Crippen LogP contribution < -0.4 is 5.73 Å². The summed E-state index contributed by atoms with van der Waals surface area (Å²) in [7, 11) is 0. The number of nitrogens with zero attached hydrogens (tertiary/aromatic N) is 2. The number of aliphatic hydroxyl groups is 1. The van der Waals surface area contributed by atoms with E-state index in [1.807, 2.05) is 12.1 Å². The molecule has 18 heavy (non-hydrogen) atoms. The molecule has 1 heterocycles. The Morgan fingerprint density at radius 3 is 2.78 bits per heavy atom. The van der Waals surface area contributed by atoms with E-state index in [1.165, 1.54) is 11.1 Å². The Kier molecular flexibility index (Phi) is 3.99. The zero-order valence-electron chi connectivity index (χ0n) is 10.6. The first kappa shape index (κ1) is 12.6. The van der Waals surface area contributed by atoms with Crippen molar-refractivity contribution in [2.45, 2.75) is 26.3 Å². The maximum atomic E-state index is 8.88. The number of nitrogen functional groups attached to an aromatic ring is 1. The molecule has 0 aliphatic carbocycles. The molecule has 4 nitrogen and oxygen atoms in total. The molecule has 1 aromatic heterocycles. The highest BCUT2D eigenvalue weighted by Gasteiger charge is 2.05. The van der Waals surface area contributed by atoms with Crippen LogP contribution in [-0.2, 0) is 19.4 Å². The summed E-state index contributed by atoms with van der Waals surface area (Å²) < 4.78 is 1.65. The Morgan fingerprint density at radius 2 is 2.06 bits per heavy atom. The second-order valence-corrected chi connectivity index (χ2v) is 4.43. The molecule has 0 saturated heterocycles. The van der Waals surface area contributed by atoms with E-state index in [9.17, 15) is 0 Å². The molecule has 0 fully saturated rings. The van der Waals surface area contributed by atoms with Crippen LogP contribution in [-0.4, -0.2) is 21.5 Å². The molecule has 96 valence electrons. The second-order valence-electron chi connectivity index (χ2n) is 4.43. The fraction of sp³-hybridized carbons (Fsp3) is 0.357. The molecule has 0 amide bonds. The van der Waals surface area contributed by atoms with E-state index in [1.54, 1.807) is 4.68 Å². The van der Waals surface area contributed by atoms with Gasteiger partial charge in [0.2, 0.25) is 0 Å². The summed E-state index contributed by atoms with van der Waals surface area (Å²) in [6.45, 7) is 2.63. The van der Waals surface area contributed by atoms with Crippen molar-refractivity contribution in [3.8, 4) is 0 Å². The first-order valence-electron chi connectivity index (χ1n) is 6.18. The highest BCUT2D eigenvalue weighted by atomic mass is 16.3. The number of aromatic nitrogens is 2. The van der Waals surface area contributed by atoms with Gasteiger partial charge in [0.15, 0.2) is 0 Å². The number of aliphatic hydroxyl groups excluding tert-OH is 1. The highest BCUT2D eigenvalue weighted by Crippen LogP contribution is 2.12. The third-order valence-electron chi connectivity index (χ3n) is 3.09. The number of hydrogen-bond donors (Lipinski definition) is 2. The maximum absolute atomic E-state index is 8.88. The van der Waals surface area contributed by atoms with Crippen molar-refractivity contribution < 1.29 is 5.11 Å². The van der Waals surface area contributed by atoms with Gasteiger partial charge in [-0.15, -0.1) is 0 Å². The molecular weight excluding hydrogens is 226 g/mol. The van der Waals surface area contributed by atoms with Gasteiger partial charge in [-0.3, -0.25) is 0 Å². The summed E-state index contributed by atoms with van der Waals surface area (Å²) >= 11 is 0. The van der Waals surface area contributed by atoms with Gasteiger partial charge >= 0.3 is 0 Å². The van der Waals surface area contributed by atoms with E-state index in [0.717, 1.165) is 18.5 Å². The zero-order valence-corrected chi connectivity index (χ0v) is 10.6. The van der Waals surface area contributed by atoms with Gasteiger partial charge in [0.05, 0.1) is 18.8 Å². The van der Waals surface area contributed by atoms with Gasteiger partial charge in [0.1, 0.15) is 5.82 Å². The molecule has 0 atom stereocenters. The summed E-state index contributed by atoms with van der Waals surface area (Å²) in [5.41, 5.74) is 9.44. The standard InChI is InChI=1S/C14H19N3O/c1-11-4-2-3-5-12(11)6-7-13-10-14(15)17(16-13)8-9-18/h2-5,10,18H,6-9,15H2,1H3. The average Bonchev–Trinajstić information content (AvgIpc) is 2.70. The van der Waals surface area contributed by atoms with Crippen molar-refractivity contribution in [3.05, 3.63) is 47.2 Å². The van der Waals surface area contributed by atoms with Crippen molar-refractivity contribution >= 4 is 5.82 Å². The van der Waals surface area contributed by atoms with Crippen molar-refractivity contribution in [1.29, 1.82) is 0 Å². The largest absolute Gasteiger partial charge is 0.394 e. The van der Waals surface area contributed by atoms with Crippen LogP contribution in [0.25, 0.3) is 0 Å². The number of anilines is 1. The quantitative estimate of drug-likeness (QED) is 0.840. The smallest absolute Gasteiger partial charge is 0.122 e. The number of benzene rings is 1. The van der Waals surface area contributed by atoms with Crippen LogP contribution in [0.4, 0.5) is 5.82 Å². The number of nitrogens with two attached hydrogens (primary N) is 1. The summed E-state index contributed by atoms with van der Waals surface area (Å²) in [5, 5.41) is 13.3. The molecule has 0 spiro atoms. The lowest BCUT2D eigenvalue weighted by Crippen LogP contribution is -2.07. The number of aryl methyl sites for hydroxylation is 3. The molecule has 0 aliphatic rings. The Bertz CT molecular complexity index is 520. The van der Waals surface area contributed by atoms with E-state index in [4.69, 9.17) is 10.8 Å². The third kappa shape index (κ3) is 2.90. The van der Waals surface area contributed by atoms with Crippen LogP contribution in [0, 0.1) is 6.92 Å². The molecule has 2 aromatic rings. The first-order valence-corrected chi connectivity index (χ1v) is 6.18. The number of hydrogen-bond acceptors (Lipinski definition) is 3. The molecule has 2 rings (SSSR count). The molecule has 3 N–H and O–H groups in total. The minimum Gasteiger partial charge on any atom is -0.394 e. The zero-order chi connectivity index (χ0) is 13.0. The molecule has 0 saturated carbocycles. The van der Waals surface area contributed by atoms with E-state index < -0.39 is 0 Å². The molecule has 0 aliphatic heterocycles. The van der Waals surface area contributed by atoms with Gasteiger partial charge in [-0.05, 0) is 30.9 Å². The Balaban J connectivity index is 2.02. The van der Waals surface area contributed by atoms with Crippen molar-refractivity contribution in [2.75, 3.05) is 12.3 Å². The van der Waals surface area contributed by atoms with Crippen molar-refractivity contribution in [1.82, 2.24) is 9.78 Å². The minimum atomic E-state index is 0.0586. The van der Waals surface area contributed by atoms with E-state index in [-0.39, 0.29) is 6.61 Å². The Hall–Kier alpha value is -1.81. The van der Waals surface area contributed by atoms with Crippen molar-refractivity contribution in [3.63, 3.8) is 0 Å². The number of rotatable bonds is 5. The van der Waals surface area contributed by atoms with Gasteiger partial charge in [-0.25, -0.2) is 4.68 Å². The van der Waals surface area contributed by atoms with Crippen LogP contribution in [0.15, 0.2) is 30.3 Å². The second kappa shape index (κ2) is 5.69. The molecule has 0 bridgehead atoms. The van der Waals surface area contributed by atoms with Gasteiger partial charge in [-0.2, -0.15) is 5.10 Å². The SMILES string of the molecule is Cc1ccccc1CCc1cc(N)n(CCO)n1. The van der Waals surface area contributed by atoms with Crippen LogP contribution in [0.3, 0.4) is 0 Å². The topological polar surface area (TPSA) is 64.1 Å². The average molecular weight is 245 g/mol. The van der Waals surface area contributed by atoms with Crippen molar-refractivity contribution in [2.24, 2.45) is 0 Å². The summed E-state index contributed by atoms with van der Waals surface area (Å²) in [4.78, 5) is 0. The van der Waals surface area contributed by atoms with Crippen LogP contribution in [0.1, 0.15) is 16.8 Å². The fourth-order valence-electron chi connectivity index (χ4n) is 2.04. The first-order chi connectivity index (χ1) is 8.70. The van der Waals surface area contributed by atoms with Crippen LogP contribution in [0.2, 0.25) is 0 Å². The predicted molar refractivity (Wildman–Crippen MR) is 72.3 cm³/mol. The monoisotopic (exact) mass is 245 g/mol. The molecule has 0 unspecified atom stereocenters. The maximum Gasteiger partial charge on any atom is 0.122 e. The lowest BCUT2D eigenvalue weighted by molar-refractivity contribution is 0.270. The van der Waals surface area contributed by atoms with E-state index in [0.29, 0.717) is 12.4 Å². The Morgan fingerprint density at radius 1 is 1.28 bits per heavy atom. The summed E-state index contributed by atoms with van der Waals surface area (Å²) in [6.07, 6.45) is 1.83. The predicted octanol–water partition coefficient (Wildman–Crippen LogP) is 1.55. The van der Waals surface area contributed by atoms with Crippen LogP contribution in [0.5, 0.6) is 0 Å². The molecular formula is C14H19N3O. The lowest BCUT2D eigenvalue weighted by Gasteiger charge is -2.03. The third-order valence-corrected chi connectivity index (χ3v) is 3.09. The molecule has 1 aromatic carbocycles. The summed E-state index contributed by atoms with van der Waals surface area (Å²) in [6, 6.07) is 10.2. The fourth-order valence-corrected chi connectivity index (χ4v) is 2.04. The van der Waals surface area contributed by atoms with Gasteiger partial charge in [-0.1, -0.05) is 24.3 Å². The van der Waals surface area contributed by atoms with Gasteiger partial charge in [0, 0.05) is 6.07 Å². The summed E-state index contributed by atoms with van der Waals surface area (Å²) in [5.74, 6) is 0.615. The van der Waals surface area contributed by atoms with E-state index in [2.05, 4.69) is 30.2 Å². The molecule has 0 radical (unpaired) electrons. The van der Waals surface area contributed by atoms with Gasteiger partial charge < -0.3 is 10.8 Å². The lowest BCUT2D eigenvalue weighted by atomic mass is 10.0. The Labute approximate surface area is 107 Å². The minimum absolute atomic E-state index is 0.0586. The normalized spacial score (nSPS) is 10.8. The molecule has 4 heteroatoms. The van der Waals surface area contributed by atoms with Gasteiger partial charge in [0.25, 0.3) is 0 Å². The van der Waals surface area contributed by atoms with E-state index >= 15 is 0 Å².